The van der Waals surface area contributed by atoms with Gasteiger partial charge in [-0.05, 0) is 58.4 Å². The highest BCUT2D eigenvalue weighted by Crippen LogP contribution is 2.37. The average Bonchev–Trinajstić information content (AvgIpc) is 2.82. The molecule has 1 atom stereocenters. The van der Waals surface area contributed by atoms with Crippen molar-refractivity contribution in [2.24, 2.45) is 0 Å². The Hall–Kier alpha value is -0.640. The van der Waals surface area contributed by atoms with E-state index in [0.29, 0.717) is 6.04 Å². The Labute approximate surface area is 133 Å². The summed E-state index contributed by atoms with van der Waals surface area (Å²) in [7, 11) is 0. The summed E-state index contributed by atoms with van der Waals surface area (Å²) in [4.78, 5) is 1.37. The Balaban J connectivity index is 1.83. The molecule has 1 nitrogen and oxygen atoms in total. The van der Waals surface area contributed by atoms with Gasteiger partial charge in [0.1, 0.15) is 0 Å². The fourth-order valence-electron chi connectivity index (χ4n) is 2.77. The Morgan fingerprint density at radius 3 is 2.55 bits per heavy atom. The molecule has 1 aliphatic rings. The second-order valence-corrected chi connectivity index (χ2v) is 7.31. The predicted molar refractivity (Wildman–Crippen MR) is 90.6 cm³/mol. The molecule has 106 valence electrons. The molecule has 1 saturated carbocycles. The van der Waals surface area contributed by atoms with Crippen LogP contribution in [0.25, 0.3) is 0 Å². The maximum Gasteiger partial charge on any atom is 0.0671 e. The van der Waals surface area contributed by atoms with Gasteiger partial charge in [-0.3, -0.25) is 0 Å². The molecular weight excluding hydrogens is 330 g/mol. The van der Waals surface area contributed by atoms with Crippen LogP contribution < -0.4 is 5.32 Å². The summed E-state index contributed by atoms with van der Waals surface area (Å²) in [5.41, 5.74) is 2.88. The van der Waals surface area contributed by atoms with Crippen molar-refractivity contribution in [2.75, 3.05) is 6.54 Å². The molecule has 1 heterocycles. The van der Waals surface area contributed by atoms with Crippen molar-refractivity contribution in [2.45, 2.75) is 38.1 Å². The zero-order valence-corrected chi connectivity index (χ0v) is 14.1. The van der Waals surface area contributed by atoms with E-state index in [1.165, 1.54) is 39.7 Å². The molecular formula is C17H20BrNS. The summed E-state index contributed by atoms with van der Waals surface area (Å²) in [6, 6.07) is 11.8. The fraction of sp³-hybridized carbons (Fsp3) is 0.412. The second-order valence-electron chi connectivity index (χ2n) is 5.45. The van der Waals surface area contributed by atoms with Crippen LogP contribution in [0.2, 0.25) is 0 Å². The Morgan fingerprint density at radius 2 is 2.05 bits per heavy atom. The van der Waals surface area contributed by atoms with Gasteiger partial charge >= 0.3 is 0 Å². The molecule has 3 heteroatoms. The van der Waals surface area contributed by atoms with Crippen LogP contribution in [-0.2, 0) is 0 Å². The largest absolute Gasteiger partial charge is 0.306 e. The van der Waals surface area contributed by atoms with Crippen molar-refractivity contribution in [3.63, 3.8) is 0 Å². The number of hydrogen-bond acceptors (Lipinski definition) is 2. The van der Waals surface area contributed by atoms with Crippen LogP contribution in [0.3, 0.4) is 0 Å². The van der Waals surface area contributed by atoms with Gasteiger partial charge in [0.15, 0.2) is 0 Å². The van der Waals surface area contributed by atoms with Crippen LogP contribution in [0, 0.1) is 0 Å². The van der Waals surface area contributed by atoms with Crippen molar-refractivity contribution in [1.29, 1.82) is 0 Å². The van der Waals surface area contributed by atoms with E-state index < -0.39 is 0 Å². The highest BCUT2D eigenvalue weighted by atomic mass is 79.9. The molecule has 0 bridgehead atoms. The van der Waals surface area contributed by atoms with Crippen molar-refractivity contribution >= 4 is 27.3 Å². The van der Waals surface area contributed by atoms with E-state index in [-0.39, 0.29) is 0 Å². The van der Waals surface area contributed by atoms with E-state index in [9.17, 15) is 0 Å². The van der Waals surface area contributed by atoms with E-state index in [0.717, 1.165) is 12.5 Å². The molecule has 0 amide bonds. The van der Waals surface area contributed by atoms with Gasteiger partial charge in [-0.2, -0.15) is 0 Å². The van der Waals surface area contributed by atoms with Crippen LogP contribution in [-0.4, -0.2) is 6.54 Å². The average molecular weight is 350 g/mol. The van der Waals surface area contributed by atoms with Gasteiger partial charge in [0.25, 0.3) is 0 Å². The molecule has 0 spiro atoms. The maximum absolute atomic E-state index is 3.59. The lowest BCUT2D eigenvalue weighted by Crippen LogP contribution is -2.21. The minimum absolute atomic E-state index is 0.312. The van der Waals surface area contributed by atoms with E-state index in [1.54, 1.807) is 0 Å². The molecule has 1 aromatic heterocycles. The lowest BCUT2D eigenvalue weighted by molar-refractivity contribution is 0.419. The van der Waals surface area contributed by atoms with Gasteiger partial charge in [0.2, 0.25) is 0 Å². The fourth-order valence-corrected chi connectivity index (χ4v) is 4.31. The zero-order chi connectivity index (χ0) is 13.9. The third kappa shape index (κ3) is 3.00. The minimum Gasteiger partial charge on any atom is -0.306 e. The van der Waals surface area contributed by atoms with E-state index >= 15 is 0 Å². The monoisotopic (exact) mass is 349 g/mol. The first-order chi connectivity index (χ1) is 9.78. The van der Waals surface area contributed by atoms with Gasteiger partial charge in [0.05, 0.1) is 6.04 Å². The number of benzene rings is 1. The van der Waals surface area contributed by atoms with Crippen molar-refractivity contribution in [3.05, 3.63) is 56.2 Å². The van der Waals surface area contributed by atoms with Crippen molar-refractivity contribution in [3.8, 4) is 0 Å². The van der Waals surface area contributed by atoms with Gasteiger partial charge in [-0.25, -0.2) is 0 Å². The number of halogens is 1. The minimum atomic E-state index is 0.312. The van der Waals surface area contributed by atoms with Gasteiger partial charge in [-0.15, -0.1) is 11.3 Å². The van der Waals surface area contributed by atoms with Crippen molar-refractivity contribution < 1.29 is 0 Å². The number of thiophene rings is 1. The van der Waals surface area contributed by atoms with Crippen LogP contribution >= 0.6 is 27.3 Å². The third-order valence-corrected chi connectivity index (χ3v) is 5.89. The Kier molecular flexibility index (Phi) is 4.59. The quantitative estimate of drug-likeness (QED) is 0.753. The molecule has 0 radical (unpaired) electrons. The predicted octanol–water partition coefficient (Wildman–Crippen LogP) is 5.48. The Bertz CT molecular complexity index is 557. The van der Waals surface area contributed by atoms with Crippen LogP contribution in [0.15, 0.2) is 40.2 Å². The zero-order valence-electron chi connectivity index (χ0n) is 11.7. The summed E-state index contributed by atoms with van der Waals surface area (Å²) in [5.74, 6) is 0.817. The first-order valence-electron chi connectivity index (χ1n) is 7.35. The normalized spacial score (nSPS) is 16.9. The van der Waals surface area contributed by atoms with Crippen LogP contribution in [0.5, 0.6) is 0 Å². The molecule has 1 aromatic carbocycles. The number of rotatable bonds is 5. The number of hydrogen-bond donors (Lipinski definition) is 1. The van der Waals surface area contributed by atoms with Gasteiger partial charge in [0, 0.05) is 14.7 Å². The lowest BCUT2D eigenvalue weighted by atomic mass is 9.80. The summed E-state index contributed by atoms with van der Waals surface area (Å²) in [5, 5.41) is 5.75. The lowest BCUT2D eigenvalue weighted by Gasteiger charge is -2.26. The van der Waals surface area contributed by atoms with Gasteiger partial charge < -0.3 is 5.32 Å². The first kappa shape index (κ1) is 14.3. The SMILES string of the molecule is CCNC(c1ccc(C2CCC2)cc1)c1cc(Br)cs1. The summed E-state index contributed by atoms with van der Waals surface area (Å²) >= 11 is 5.36. The second kappa shape index (κ2) is 6.42. The van der Waals surface area contributed by atoms with E-state index in [2.05, 4.69) is 63.9 Å². The summed E-state index contributed by atoms with van der Waals surface area (Å²) in [6.45, 7) is 3.14. The number of nitrogens with one attached hydrogen (secondary N) is 1. The smallest absolute Gasteiger partial charge is 0.0671 e. The first-order valence-corrected chi connectivity index (χ1v) is 9.02. The topological polar surface area (TPSA) is 12.0 Å². The van der Waals surface area contributed by atoms with Crippen molar-refractivity contribution in [1.82, 2.24) is 5.32 Å². The third-order valence-electron chi connectivity index (χ3n) is 4.13. The van der Waals surface area contributed by atoms with E-state index in [4.69, 9.17) is 0 Å². The van der Waals surface area contributed by atoms with Gasteiger partial charge in [-0.1, -0.05) is 37.6 Å². The molecule has 1 fully saturated rings. The molecule has 2 aromatic rings. The van der Waals surface area contributed by atoms with E-state index in [1.807, 2.05) is 11.3 Å². The summed E-state index contributed by atoms with van der Waals surface area (Å²) < 4.78 is 1.17. The molecule has 3 rings (SSSR count). The summed E-state index contributed by atoms with van der Waals surface area (Å²) in [6.07, 6.45) is 4.14. The highest BCUT2D eigenvalue weighted by Gasteiger charge is 2.20. The molecule has 1 aliphatic carbocycles. The Morgan fingerprint density at radius 1 is 1.30 bits per heavy atom. The molecule has 1 unspecified atom stereocenters. The maximum atomic E-state index is 3.59. The molecule has 1 N–H and O–H groups in total. The molecule has 0 saturated heterocycles. The molecule has 20 heavy (non-hydrogen) atoms. The van der Waals surface area contributed by atoms with Crippen LogP contribution in [0.1, 0.15) is 54.1 Å². The molecule has 0 aliphatic heterocycles. The highest BCUT2D eigenvalue weighted by molar-refractivity contribution is 9.10. The van der Waals surface area contributed by atoms with Crippen LogP contribution in [0.4, 0.5) is 0 Å². The standard InChI is InChI=1S/C17H20BrNS/c1-2-19-17(16-10-15(18)11-20-16)14-8-6-13(7-9-14)12-4-3-5-12/h6-12,17,19H,2-5H2,1H3.